The van der Waals surface area contributed by atoms with Gasteiger partial charge < -0.3 is 4.90 Å². The Bertz CT molecular complexity index is 584. The van der Waals surface area contributed by atoms with Crippen LogP contribution in [0.3, 0.4) is 0 Å². The number of hydrogen-bond donors (Lipinski definition) is 0. The number of carbonyl (C=O) groups excluding carboxylic acids is 1. The fourth-order valence-corrected chi connectivity index (χ4v) is 3.52. The Labute approximate surface area is 137 Å². The Hall–Kier alpha value is -0.830. The van der Waals surface area contributed by atoms with Crippen molar-refractivity contribution in [1.29, 1.82) is 0 Å². The van der Waals surface area contributed by atoms with Gasteiger partial charge in [0.25, 0.3) is 0 Å². The lowest BCUT2D eigenvalue weighted by atomic mass is 9.78. The summed E-state index contributed by atoms with van der Waals surface area (Å²) in [5, 5.41) is 0. The van der Waals surface area contributed by atoms with Gasteiger partial charge in [-0.1, -0.05) is 28.9 Å². The highest BCUT2D eigenvalue weighted by Gasteiger charge is 2.43. The largest absolute Gasteiger partial charge is 0.305 e. The van der Waals surface area contributed by atoms with Gasteiger partial charge in [0.05, 0.1) is 4.32 Å². The van der Waals surface area contributed by atoms with Crippen molar-refractivity contribution in [2.45, 2.75) is 70.7 Å². The summed E-state index contributed by atoms with van der Waals surface area (Å²) in [7, 11) is 0. The highest BCUT2D eigenvalue weighted by Crippen LogP contribution is 2.45. The highest BCUT2D eigenvalue weighted by atomic mass is 79.9. The number of benzene rings is 1. The second-order valence-electron chi connectivity index (χ2n) is 7.53. The van der Waals surface area contributed by atoms with Crippen molar-refractivity contribution in [2.24, 2.45) is 0 Å². The second-order valence-corrected chi connectivity index (χ2v) is 9.51. The smallest absolute Gasteiger partial charge is 0.243 e. The lowest BCUT2D eigenvalue weighted by Crippen LogP contribution is -2.56. The standard InChI is InChI=1S/C18H26BrNO/c1-11-8-14-13(3)10-17(4,5)20(15(14)9-12(11)2)16(21)18(6,7)19/h8-9,13H,10H2,1-7H3/t13-/m0/s1. The van der Waals surface area contributed by atoms with Crippen LogP contribution in [0.15, 0.2) is 12.1 Å². The van der Waals surface area contributed by atoms with Gasteiger partial charge in [-0.25, -0.2) is 0 Å². The summed E-state index contributed by atoms with van der Waals surface area (Å²) in [6.07, 6.45) is 0.983. The van der Waals surface area contributed by atoms with Crippen LogP contribution in [0.1, 0.15) is 63.6 Å². The molecule has 2 nitrogen and oxygen atoms in total. The van der Waals surface area contributed by atoms with E-state index >= 15 is 0 Å². The molecule has 2 rings (SSSR count). The molecule has 1 aromatic rings. The van der Waals surface area contributed by atoms with Crippen LogP contribution in [0.2, 0.25) is 0 Å². The Balaban J connectivity index is 2.67. The summed E-state index contributed by atoms with van der Waals surface area (Å²) in [5.41, 5.74) is 4.74. The third kappa shape index (κ3) is 2.90. The first-order valence-electron chi connectivity index (χ1n) is 7.60. The van der Waals surface area contributed by atoms with Crippen LogP contribution in [-0.4, -0.2) is 15.8 Å². The minimum atomic E-state index is -0.555. The third-order valence-corrected chi connectivity index (χ3v) is 4.88. The van der Waals surface area contributed by atoms with Crippen molar-refractivity contribution >= 4 is 27.5 Å². The first-order chi connectivity index (χ1) is 9.45. The lowest BCUT2D eigenvalue weighted by molar-refractivity contribution is -0.121. The van der Waals surface area contributed by atoms with Crippen molar-refractivity contribution < 1.29 is 4.79 Å². The number of anilines is 1. The fourth-order valence-electron chi connectivity index (χ4n) is 3.34. The maximum absolute atomic E-state index is 13.0. The predicted molar refractivity (Wildman–Crippen MR) is 93.5 cm³/mol. The number of rotatable bonds is 1. The van der Waals surface area contributed by atoms with E-state index in [-0.39, 0.29) is 11.4 Å². The molecular weight excluding hydrogens is 326 g/mol. The third-order valence-electron chi connectivity index (χ3n) is 4.54. The topological polar surface area (TPSA) is 20.3 Å². The normalized spacial score (nSPS) is 21.1. The molecule has 1 aromatic carbocycles. The molecule has 1 amide bonds. The molecule has 0 unspecified atom stereocenters. The maximum atomic E-state index is 13.0. The molecule has 1 atom stereocenters. The Morgan fingerprint density at radius 3 is 2.33 bits per heavy atom. The molecule has 0 bridgehead atoms. The number of aryl methyl sites for hydroxylation is 2. The summed E-state index contributed by atoms with van der Waals surface area (Å²) in [6.45, 7) is 14.7. The molecule has 3 heteroatoms. The maximum Gasteiger partial charge on any atom is 0.243 e. The molecule has 0 saturated carbocycles. The molecule has 1 aliphatic rings. The number of carbonyl (C=O) groups is 1. The van der Waals surface area contributed by atoms with Gasteiger partial charge in [-0.15, -0.1) is 0 Å². The molecule has 0 saturated heterocycles. The van der Waals surface area contributed by atoms with E-state index in [2.05, 4.69) is 62.7 Å². The van der Waals surface area contributed by atoms with Gasteiger partial charge in [0.1, 0.15) is 0 Å². The van der Waals surface area contributed by atoms with Crippen molar-refractivity contribution in [3.8, 4) is 0 Å². The first-order valence-corrected chi connectivity index (χ1v) is 8.39. The van der Waals surface area contributed by atoms with E-state index in [0.717, 1.165) is 12.1 Å². The van der Waals surface area contributed by atoms with Crippen LogP contribution in [0, 0.1) is 13.8 Å². The summed E-state index contributed by atoms with van der Waals surface area (Å²) in [5.74, 6) is 0.598. The zero-order valence-electron chi connectivity index (χ0n) is 14.2. The monoisotopic (exact) mass is 351 g/mol. The minimum absolute atomic E-state index is 0.129. The average molecular weight is 352 g/mol. The van der Waals surface area contributed by atoms with Crippen molar-refractivity contribution in [2.75, 3.05) is 4.90 Å². The quantitative estimate of drug-likeness (QED) is 0.644. The van der Waals surface area contributed by atoms with Crippen LogP contribution < -0.4 is 4.90 Å². The second kappa shape index (κ2) is 5.12. The van der Waals surface area contributed by atoms with Gasteiger partial charge in [-0.3, -0.25) is 4.79 Å². The SMILES string of the molecule is Cc1cc2c(cc1C)N(C(=O)C(C)(C)Br)C(C)(C)C[C@@H]2C. The van der Waals surface area contributed by atoms with Crippen LogP contribution in [0.4, 0.5) is 5.69 Å². The number of hydrogen-bond acceptors (Lipinski definition) is 1. The van der Waals surface area contributed by atoms with Gasteiger partial charge in [0.2, 0.25) is 5.91 Å². The van der Waals surface area contributed by atoms with Gasteiger partial charge in [-0.05, 0) is 76.6 Å². The number of nitrogens with zero attached hydrogens (tertiary/aromatic N) is 1. The molecule has 0 aromatic heterocycles. The minimum Gasteiger partial charge on any atom is -0.305 e. The van der Waals surface area contributed by atoms with Gasteiger partial charge in [-0.2, -0.15) is 0 Å². The Kier molecular flexibility index (Phi) is 4.03. The van der Waals surface area contributed by atoms with E-state index < -0.39 is 4.32 Å². The van der Waals surface area contributed by atoms with E-state index in [9.17, 15) is 4.79 Å². The fraction of sp³-hybridized carbons (Fsp3) is 0.611. The number of fused-ring (bicyclic) bond motifs is 1. The molecule has 0 fully saturated rings. The van der Waals surface area contributed by atoms with Crippen LogP contribution in [0.25, 0.3) is 0 Å². The van der Waals surface area contributed by atoms with E-state index in [1.54, 1.807) is 0 Å². The van der Waals surface area contributed by atoms with Crippen molar-refractivity contribution in [1.82, 2.24) is 0 Å². The van der Waals surface area contributed by atoms with E-state index in [4.69, 9.17) is 0 Å². The molecule has 0 radical (unpaired) electrons. The van der Waals surface area contributed by atoms with Crippen molar-refractivity contribution in [3.63, 3.8) is 0 Å². The highest BCUT2D eigenvalue weighted by molar-refractivity contribution is 9.10. The van der Waals surface area contributed by atoms with Crippen LogP contribution >= 0.6 is 15.9 Å². The lowest BCUT2D eigenvalue weighted by Gasteiger charge is -2.48. The predicted octanol–water partition coefficient (Wildman–Crippen LogP) is 5.10. The molecule has 0 aliphatic carbocycles. The van der Waals surface area contributed by atoms with E-state index in [1.807, 2.05) is 18.7 Å². The molecule has 21 heavy (non-hydrogen) atoms. The van der Waals surface area contributed by atoms with E-state index in [0.29, 0.717) is 5.92 Å². The number of halogens is 1. The number of alkyl halides is 1. The number of amides is 1. The molecule has 1 aliphatic heterocycles. The van der Waals surface area contributed by atoms with E-state index in [1.165, 1.54) is 16.7 Å². The average Bonchev–Trinajstić information content (AvgIpc) is 2.29. The Morgan fingerprint density at radius 1 is 1.29 bits per heavy atom. The van der Waals surface area contributed by atoms with Crippen LogP contribution in [0.5, 0.6) is 0 Å². The zero-order valence-corrected chi connectivity index (χ0v) is 15.8. The summed E-state index contributed by atoms with van der Waals surface area (Å²) in [6, 6.07) is 4.44. The Morgan fingerprint density at radius 2 is 1.81 bits per heavy atom. The summed E-state index contributed by atoms with van der Waals surface area (Å²) < 4.78 is -0.555. The van der Waals surface area contributed by atoms with Crippen LogP contribution in [-0.2, 0) is 4.79 Å². The molecular formula is C18H26BrNO. The van der Waals surface area contributed by atoms with Gasteiger partial charge in [0.15, 0.2) is 0 Å². The van der Waals surface area contributed by atoms with Gasteiger partial charge >= 0.3 is 0 Å². The molecule has 1 heterocycles. The molecule has 0 N–H and O–H groups in total. The molecule has 116 valence electrons. The molecule has 0 spiro atoms. The summed E-state index contributed by atoms with van der Waals surface area (Å²) in [4.78, 5) is 15.0. The summed E-state index contributed by atoms with van der Waals surface area (Å²) >= 11 is 3.54. The first kappa shape index (κ1) is 16.5. The van der Waals surface area contributed by atoms with Crippen molar-refractivity contribution in [3.05, 3.63) is 28.8 Å². The van der Waals surface area contributed by atoms with Gasteiger partial charge in [0, 0.05) is 11.2 Å². The zero-order chi connectivity index (χ0) is 16.2.